The summed E-state index contributed by atoms with van der Waals surface area (Å²) in [6.07, 6.45) is 34.0. The van der Waals surface area contributed by atoms with Crippen LogP contribution in [0.15, 0.2) is 48.6 Å². The molecule has 0 radical (unpaired) electrons. The monoisotopic (exact) mass is 779 g/mol. The molecular formula is C45H78O10. The molecule has 0 amide bonds. The van der Waals surface area contributed by atoms with Gasteiger partial charge in [0.2, 0.25) is 0 Å². The van der Waals surface area contributed by atoms with Gasteiger partial charge in [0.25, 0.3) is 0 Å². The number of hydrogen-bond donors (Lipinski definition) is 4. The highest BCUT2D eigenvalue weighted by molar-refractivity contribution is 5.70. The van der Waals surface area contributed by atoms with Gasteiger partial charge in [0.05, 0.1) is 13.2 Å². The molecule has 1 fully saturated rings. The summed E-state index contributed by atoms with van der Waals surface area (Å²) < 4.78 is 22.1. The van der Waals surface area contributed by atoms with Crippen molar-refractivity contribution in [3.63, 3.8) is 0 Å². The van der Waals surface area contributed by atoms with Crippen molar-refractivity contribution in [3.8, 4) is 0 Å². The summed E-state index contributed by atoms with van der Waals surface area (Å²) in [5.41, 5.74) is 0. The number of carbonyl (C=O) groups excluding carboxylic acids is 2. The van der Waals surface area contributed by atoms with E-state index in [1.807, 2.05) is 0 Å². The molecule has 1 saturated heterocycles. The first-order valence-corrected chi connectivity index (χ1v) is 21.7. The SMILES string of the molecule is CCC/C=C/C/C=C/C/C=C/C/C=C/CCCCCC(=O)O[C@H](COC(=O)CCCCCCCCCCCCCCC)CO[C@@H]1O[C@H](CO)[C@H](O)C(O)C1O. The maximum atomic E-state index is 12.7. The molecule has 0 bridgehead atoms. The summed E-state index contributed by atoms with van der Waals surface area (Å²) in [4.78, 5) is 25.3. The molecule has 0 aromatic heterocycles. The molecule has 55 heavy (non-hydrogen) atoms. The molecule has 0 aliphatic carbocycles. The zero-order chi connectivity index (χ0) is 40.2. The Labute approximate surface area is 333 Å². The van der Waals surface area contributed by atoms with Crippen LogP contribution in [0.5, 0.6) is 0 Å². The van der Waals surface area contributed by atoms with Crippen LogP contribution < -0.4 is 0 Å². The molecule has 6 atom stereocenters. The average Bonchev–Trinajstić information content (AvgIpc) is 3.18. The molecular weight excluding hydrogens is 700 g/mol. The lowest BCUT2D eigenvalue weighted by Crippen LogP contribution is -2.59. The predicted octanol–water partition coefficient (Wildman–Crippen LogP) is 8.88. The molecule has 0 aromatic rings. The second-order valence-electron chi connectivity index (χ2n) is 14.8. The van der Waals surface area contributed by atoms with Gasteiger partial charge in [0, 0.05) is 12.8 Å². The number of aliphatic hydroxyl groups excluding tert-OH is 4. The normalized spacial score (nSPS) is 21.0. The standard InChI is InChI=1S/C45H78O10/c1-3-5-7-9-11-13-15-17-18-19-20-22-24-26-28-30-32-34-41(48)54-38(37-53-45-44(51)43(50)42(49)39(35-46)55-45)36-52-40(47)33-31-29-27-25-23-21-16-14-12-10-8-6-4-2/h7,9,13,15,18-19,22,24,38-39,42-46,49-51H,3-6,8,10-12,14,16-17,20-21,23,25-37H2,1-2H3/b9-7+,15-13+,19-18+,24-22+/t38-,39-,42+,43?,44?,45-/m1/s1. The third-order valence-corrected chi connectivity index (χ3v) is 9.70. The smallest absolute Gasteiger partial charge is 0.306 e. The fourth-order valence-electron chi connectivity index (χ4n) is 6.24. The Balaban J connectivity index is 2.38. The minimum absolute atomic E-state index is 0.192. The van der Waals surface area contributed by atoms with Crippen LogP contribution in [0.2, 0.25) is 0 Å². The zero-order valence-corrected chi connectivity index (χ0v) is 34.4. The van der Waals surface area contributed by atoms with Gasteiger partial charge in [0.15, 0.2) is 12.4 Å². The zero-order valence-electron chi connectivity index (χ0n) is 34.4. The van der Waals surface area contributed by atoms with Crippen molar-refractivity contribution < 1.29 is 49.0 Å². The van der Waals surface area contributed by atoms with Crippen LogP contribution in [-0.2, 0) is 28.5 Å². The van der Waals surface area contributed by atoms with E-state index in [2.05, 4.69) is 62.5 Å². The van der Waals surface area contributed by atoms with E-state index < -0.39 is 49.4 Å². The number of ether oxygens (including phenoxy) is 4. The van der Waals surface area contributed by atoms with E-state index in [0.29, 0.717) is 6.42 Å². The number of esters is 2. The molecule has 10 heteroatoms. The highest BCUT2D eigenvalue weighted by Gasteiger charge is 2.44. The van der Waals surface area contributed by atoms with Gasteiger partial charge in [-0.2, -0.15) is 0 Å². The molecule has 1 heterocycles. The van der Waals surface area contributed by atoms with Gasteiger partial charge < -0.3 is 39.4 Å². The summed E-state index contributed by atoms with van der Waals surface area (Å²) >= 11 is 0. The summed E-state index contributed by atoms with van der Waals surface area (Å²) in [5.74, 6) is -0.843. The molecule has 0 aromatic carbocycles. The van der Waals surface area contributed by atoms with Crippen LogP contribution in [0.4, 0.5) is 0 Å². The first kappa shape index (κ1) is 50.7. The average molecular weight is 779 g/mol. The molecule has 0 spiro atoms. The van der Waals surface area contributed by atoms with Gasteiger partial charge >= 0.3 is 11.9 Å². The fourth-order valence-corrected chi connectivity index (χ4v) is 6.24. The van der Waals surface area contributed by atoms with Crippen molar-refractivity contribution in [1.29, 1.82) is 0 Å². The van der Waals surface area contributed by atoms with Gasteiger partial charge in [-0.15, -0.1) is 0 Å². The van der Waals surface area contributed by atoms with Crippen LogP contribution in [0.1, 0.15) is 168 Å². The minimum Gasteiger partial charge on any atom is -0.462 e. The van der Waals surface area contributed by atoms with E-state index in [1.165, 1.54) is 70.6 Å². The molecule has 1 aliphatic rings. The highest BCUT2D eigenvalue weighted by atomic mass is 16.7. The van der Waals surface area contributed by atoms with E-state index in [-0.39, 0.29) is 32.0 Å². The van der Waals surface area contributed by atoms with E-state index in [0.717, 1.165) is 64.2 Å². The topological polar surface area (TPSA) is 152 Å². The van der Waals surface area contributed by atoms with Gasteiger partial charge in [0.1, 0.15) is 31.0 Å². The van der Waals surface area contributed by atoms with Crippen molar-refractivity contribution in [2.45, 2.75) is 205 Å². The number of unbranched alkanes of at least 4 members (excludes halogenated alkanes) is 16. The molecule has 10 nitrogen and oxygen atoms in total. The van der Waals surface area contributed by atoms with Crippen molar-refractivity contribution in [3.05, 3.63) is 48.6 Å². The van der Waals surface area contributed by atoms with Crippen molar-refractivity contribution in [1.82, 2.24) is 0 Å². The third kappa shape index (κ3) is 27.8. The Kier molecular flexibility index (Phi) is 33.2. The van der Waals surface area contributed by atoms with Gasteiger partial charge in [-0.25, -0.2) is 0 Å². The second kappa shape index (κ2) is 36.0. The van der Waals surface area contributed by atoms with Crippen molar-refractivity contribution >= 4 is 11.9 Å². The third-order valence-electron chi connectivity index (χ3n) is 9.70. The van der Waals surface area contributed by atoms with E-state index in [4.69, 9.17) is 18.9 Å². The lowest BCUT2D eigenvalue weighted by molar-refractivity contribution is -0.305. The predicted molar refractivity (Wildman–Crippen MR) is 219 cm³/mol. The Hall–Kier alpha value is -2.34. The Morgan fingerprint density at radius 1 is 0.564 bits per heavy atom. The van der Waals surface area contributed by atoms with Gasteiger partial charge in [-0.1, -0.05) is 152 Å². The number of allylic oxidation sites excluding steroid dienone is 8. The number of hydrogen-bond acceptors (Lipinski definition) is 10. The summed E-state index contributed by atoms with van der Waals surface area (Å²) in [5, 5.41) is 40.0. The largest absolute Gasteiger partial charge is 0.462 e. The summed E-state index contributed by atoms with van der Waals surface area (Å²) in [6.45, 7) is 3.31. The van der Waals surface area contributed by atoms with Crippen molar-refractivity contribution in [2.75, 3.05) is 19.8 Å². The van der Waals surface area contributed by atoms with Crippen LogP contribution >= 0.6 is 0 Å². The van der Waals surface area contributed by atoms with Crippen LogP contribution in [0.3, 0.4) is 0 Å². The first-order chi connectivity index (χ1) is 26.8. The van der Waals surface area contributed by atoms with E-state index >= 15 is 0 Å². The van der Waals surface area contributed by atoms with E-state index in [1.54, 1.807) is 0 Å². The van der Waals surface area contributed by atoms with Gasteiger partial charge in [-0.3, -0.25) is 9.59 Å². The van der Waals surface area contributed by atoms with Crippen molar-refractivity contribution in [2.24, 2.45) is 0 Å². The quantitative estimate of drug-likeness (QED) is 0.0279. The fraction of sp³-hybridized carbons (Fsp3) is 0.778. The number of aliphatic hydroxyl groups is 4. The molecule has 1 aliphatic heterocycles. The van der Waals surface area contributed by atoms with Crippen LogP contribution in [0, 0.1) is 0 Å². The summed E-state index contributed by atoms with van der Waals surface area (Å²) in [7, 11) is 0. The molecule has 1 rings (SSSR count). The minimum atomic E-state index is -1.60. The second-order valence-corrected chi connectivity index (χ2v) is 14.8. The lowest BCUT2D eigenvalue weighted by Gasteiger charge is -2.39. The Morgan fingerprint density at radius 2 is 1.05 bits per heavy atom. The molecule has 0 saturated carbocycles. The van der Waals surface area contributed by atoms with Gasteiger partial charge in [-0.05, 0) is 51.4 Å². The highest BCUT2D eigenvalue weighted by Crippen LogP contribution is 2.22. The lowest BCUT2D eigenvalue weighted by atomic mass is 9.99. The number of carbonyl (C=O) groups is 2. The van der Waals surface area contributed by atoms with Crippen LogP contribution in [0.25, 0.3) is 0 Å². The number of rotatable bonds is 35. The summed E-state index contributed by atoms with van der Waals surface area (Å²) in [6, 6.07) is 0. The maximum absolute atomic E-state index is 12.7. The van der Waals surface area contributed by atoms with E-state index in [9.17, 15) is 30.0 Å². The maximum Gasteiger partial charge on any atom is 0.306 e. The molecule has 4 N–H and O–H groups in total. The first-order valence-electron chi connectivity index (χ1n) is 21.7. The molecule has 318 valence electrons. The van der Waals surface area contributed by atoms with Crippen LogP contribution in [-0.4, -0.2) is 89.0 Å². The Morgan fingerprint density at radius 3 is 1.60 bits per heavy atom. The Bertz CT molecular complexity index is 1040. The molecule has 2 unspecified atom stereocenters.